The highest BCUT2D eigenvalue weighted by Crippen LogP contribution is 2.41. The number of rotatable bonds is 9. The minimum absolute atomic E-state index is 0.142. The van der Waals surface area contributed by atoms with Gasteiger partial charge in [-0.05, 0) is 45.1 Å². The molecule has 1 aliphatic carbocycles. The van der Waals surface area contributed by atoms with E-state index in [1.807, 2.05) is 13.8 Å². The summed E-state index contributed by atoms with van der Waals surface area (Å²) in [5.74, 6) is 0.765. The van der Waals surface area contributed by atoms with Crippen LogP contribution in [0.5, 0.6) is 0 Å². The van der Waals surface area contributed by atoms with Crippen molar-refractivity contribution in [1.29, 1.82) is 0 Å². The van der Waals surface area contributed by atoms with Crippen LogP contribution in [0.4, 0.5) is 0 Å². The maximum atomic E-state index is 5.60. The molecule has 0 aromatic heterocycles. The quantitative estimate of drug-likeness (QED) is 0.701. The summed E-state index contributed by atoms with van der Waals surface area (Å²) >= 11 is 0. The van der Waals surface area contributed by atoms with Crippen molar-refractivity contribution in [3.05, 3.63) is 35.4 Å². The normalized spacial score (nSPS) is 16.6. The lowest BCUT2D eigenvalue weighted by Crippen LogP contribution is -2.34. The molecule has 3 nitrogen and oxygen atoms in total. The van der Waals surface area contributed by atoms with E-state index in [1.165, 1.54) is 24.0 Å². The second kappa shape index (κ2) is 7.77. The number of hydrogen-bond acceptors (Lipinski definition) is 3. The van der Waals surface area contributed by atoms with Gasteiger partial charge < -0.3 is 14.8 Å². The second-order valence-electron chi connectivity index (χ2n) is 5.47. The highest BCUT2D eigenvalue weighted by molar-refractivity contribution is 5.25. The fourth-order valence-electron chi connectivity index (χ4n) is 2.52. The zero-order valence-electron chi connectivity index (χ0n) is 12.9. The van der Waals surface area contributed by atoms with Crippen molar-refractivity contribution in [3.8, 4) is 0 Å². The van der Waals surface area contributed by atoms with Crippen molar-refractivity contribution in [2.45, 2.75) is 45.9 Å². The smallest absolute Gasteiger partial charge is 0.169 e. The van der Waals surface area contributed by atoms with E-state index >= 15 is 0 Å². The largest absolute Gasteiger partial charge is 0.352 e. The van der Waals surface area contributed by atoms with Crippen LogP contribution in [0.15, 0.2) is 24.3 Å². The molecule has 1 saturated carbocycles. The van der Waals surface area contributed by atoms with Gasteiger partial charge in [0.1, 0.15) is 0 Å². The van der Waals surface area contributed by atoms with Crippen LogP contribution in [0.3, 0.4) is 0 Å². The average molecular weight is 277 g/mol. The van der Waals surface area contributed by atoms with Gasteiger partial charge in [0.25, 0.3) is 0 Å². The van der Waals surface area contributed by atoms with Crippen LogP contribution in [0.1, 0.15) is 43.9 Å². The third-order valence-corrected chi connectivity index (χ3v) is 3.74. The van der Waals surface area contributed by atoms with E-state index in [9.17, 15) is 0 Å². The molecule has 2 rings (SSSR count). The zero-order valence-corrected chi connectivity index (χ0v) is 12.9. The molecule has 1 aromatic carbocycles. The van der Waals surface area contributed by atoms with Gasteiger partial charge >= 0.3 is 0 Å². The number of nitrogens with one attached hydrogen (secondary N) is 1. The summed E-state index contributed by atoms with van der Waals surface area (Å²) < 4.78 is 11.2. The van der Waals surface area contributed by atoms with Gasteiger partial charge in [-0.2, -0.15) is 0 Å². The molecule has 0 heterocycles. The van der Waals surface area contributed by atoms with E-state index in [4.69, 9.17) is 9.47 Å². The van der Waals surface area contributed by atoms with Crippen molar-refractivity contribution in [2.24, 2.45) is 5.92 Å². The highest BCUT2D eigenvalue weighted by atomic mass is 16.7. The van der Waals surface area contributed by atoms with E-state index < -0.39 is 0 Å². The summed E-state index contributed by atoms with van der Waals surface area (Å²) in [6.07, 6.45) is 2.50. The molecule has 0 saturated heterocycles. The van der Waals surface area contributed by atoms with Crippen LogP contribution in [0.25, 0.3) is 0 Å². The van der Waals surface area contributed by atoms with Gasteiger partial charge in [-0.15, -0.1) is 0 Å². The maximum Gasteiger partial charge on any atom is 0.169 e. The Balaban J connectivity index is 1.93. The molecule has 0 radical (unpaired) electrons. The predicted octanol–water partition coefficient (Wildman–Crippen LogP) is 3.43. The molecule has 20 heavy (non-hydrogen) atoms. The van der Waals surface area contributed by atoms with E-state index in [-0.39, 0.29) is 6.29 Å². The summed E-state index contributed by atoms with van der Waals surface area (Å²) in [4.78, 5) is 0. The van der Waals surface area contributed by atoms with Crippen LogP contribution in [0.2, 0.25) is 0 Å². The van der Waals surface area contributed by atoms with Crippen LogP contribution < -0.4 is 5.32 Å². The van der Waals surface area contributed by atoms with Gasteiger partial charge in [-0.3, -0.25) is 0 Å². The first-order chi connectivity index (χ1) is 9.74. The molecule has 112 valence electrons. The van der Waals surface area contributed by atoms with Crippen LogP contribution in [-0.2, 0) is 9.47 Å². The average Bonchev–Trinajstić information content (AvgIpc) is 3.26. The van der Waals surface area contributed by atoms with Gasteiger partial charge in [-0.25, -0.2) is 0 Å². The number of benzene rings is 1. The standard InChI is InChI=1S/C17H27NO2/c1-4-19-16(20-5-2)12-18-17(15-10-11-15)14-8-6-13(3)7-9-14/h6-9,15-18H,4-5,10-12H2,1-3H3. The Labute approximate surface area is 122 Å². The van der Waals surface area contributed by atoms with Crippen molar-refractivity contribution >= 4 is 0 Å². The second-order valence-corrected chi connectivity index (χ2v) is 5.47. The maximum absolute atomic E-state index is 5.60. The fourth-order valence-corrected chi connectivity index (χ4v) is 2.52. The van der Waals surface area contributed by atoms with Gasteiger partial charge in [0, 0.05) is 25.8 Å². The Hall–Kier alpha value is -0.900. The summed E-state index contributed by atoms with van der Waals surface area (Å²) in [5.41, 5.74) is 2.69. The highest BCUT2D eigenvalue weighted by Gasteiger charge is 2.32. The predicted molar refractivity (Wildman–Crippen MR) is 81.7 cm³/mol. The van der Waals surface area contributed by atoms with Crippen molar-refractivity contribution < 1.29 is 9.47 Å². The van der Waals surface area contributed by atoms with E-state index in [1.54, 1.807) is 0 Å². The summed E-state index contributed by atoms with van der Waals surface area (Å²) in [5, 5.41) is 3.64. The lowest BCUT2D eigenvalue weighted by molar-refractivity contribution is -0.134. The van der Waals surface area contributed by atoms with Gasteiger partial charge in [-0.1, -0.05) is 29.8 Å². The zero-order chi connectivity index (χ0) is 14.4. The molecule has 1 atom stereocenters. The first-order valence-corrected chi connectivity index (χ1v) is 7.77. The first kappa shape index (κ1) is 15.5. The van der Waals surface area contributed by atoms with Crippen LogP contribution >= 0.6 is 0 Å². The molecule has 0 aliphatic heterocycles. The number of aryl methyl sites for hydroxylation is 1. The monoisotopic (exact) mass is 277 g/mol. The van der Waals surface area contributed by atoms with E-state index in [0.29, 0.717) is 19.3 Å². The summed E-state index contributed by atoms with van der Waals surface area (Å²) in [6, 6.07) is 9.28. The lowest BCUT2D eigenvalue weighted by Gasteiger charge is -2.23. The number of hydrogen-bond donors (Lipinski definition) is 1. The lowest BCUT2D eigenvalue weighted by atomic mass is 10.0. The van der Waals surface area contributed by atoms with Crippen LogP contribution in [-0.4, -0.2) is 26.0 Å². The van der Waals surface area contributed by atoms with E-state index in [0.717, 1.165) is 12.5 Å². The Morgan fingerprint density at radius 3 is 2.20 bits per heavy atom. The SMILES string of the molecule is CCOC(CNC(c1ccc(C)cc1)C1CC1)OCC. The molecule has 3 heteroatoms. The molecule has 1 aliphatic rings. The van der Waals surface area contributed by atoms with Crippen molar-refractivity contribution in [1.82, 2.24) is 5.32 Å². The Kier molecular flexibility index (Phi) is 6.02. The minimum atomic E-state index is -0.142. The molecular weight excluding hydrogens is 250 g/mol. The topological polar surface area (TPSA) is 30.5 Å². The van der Waals surface area contributed by atoms with Crippen molar-refractivity contribution in [3.63, 3.8) is 0 Å². The third kappa shape index (κ3) is 4.58. The fraction of sp³-hybridized carbons (Fsp3) is 0.647. The van der Waals surface area contributed by atoms with E-state index in [2.05, 4.69) is 36.5 Å². The van der Waals surface area contributed by atoms with Crippen molar-refractivity contribution in [2.75, 3.05) is 19.8 Å². The molecular formula is C17H27NO2. The molecule has 1 fully saturated rings. The van der Waals surface area contributed by atoms with Gasteiger partial charge in [0.05, 0.1) is 0 Å². The third-order valence-electron chi connectivity index (χ3n) is 3.74. The minimum Gasteiger partial charge on any atom is -0.352 e. The molecule has 0 spiro atoms. The molecule has 1 N–H and O–H groups in total. The number of ether oxygens (including phenoxy) is 2. The first-order valence-electron chi connectivity index (χ1n) is 7.77. The van der Waals surface area contributed by atoms with Crippen LogP contribution in [0, 0.1) is 12.8 Å². The van der Waals surface area contributed by atoms with Gasteiger partial charge in [0.15, 0.2) is 6.29 Å². The Morgan fingerprint density at radius 1 is 1.10 bits per heavy atom. The summed E-state index contributed by atoms with van der Waals surface area (Å²) in [6.45, 7) is 8.25. The van der Waals surface area contributed by atoms with Gasteiger partial charge in [0.2, 0.25) is 0 Å². The molecule has 0 bridgehead atoms. The molecule has 1 aromatic rings. The Bertz CT molecular complexity index is 380. The summed E-state index contributed by atoms with van der Waals surface area (Å²) in [7, 11) is 0. The molecule has 0 amide bonds. The molecule has 1 unspecified atom stereocenters. The Morgan fingerprint density at radius 2 is 1.70 bits per heavy atom.